The first-order chi connectivity index (χ1) is 11.3. The number of methoxy groups -OCH3 is 1. The Kier molecular flexibility index (Phi) is 6.48. The zero-order valence-electron chi connectivity index (χ0n) is 13.8. The lowest BCUT2D eigenvalue weighted by Crippen LogP contribution is -2.27. The van der Waals surface area contributed by atoms with Gasteiger partial charge in [0.25, 0.3) is 9.05 Å². The lowest BCUT2D eigenvalue weighted by molar-refractivity contribution is -0.143. The number of hydrogen-bond donors (Lipinski definition) is 1. The predicted molar refractivity (Wildman–Crippen MR) is 92.0 cm³/mol. The van der Waals surface area contributed by atoms with Crippen molar-refractivity contribution in [3.05, 3.63) is 23.3 Å². The second-order valence-electron chi connectivity index (χ2n) is 5.78. The van der Waals surface area contributed by atoms with Gasteiger partial charge in [-0.1, -0.05) is 6.07 Å². The van der Waals surface area contributed by atoms with Crippen molar-refractivity contribution in [3.8, 4) is 0 Å². The van der Waals surface area contributed by atoms with Crippen molar-refractivity contribution in [2.24, 2.45) is 5.92 Å². The summed E-state index contributed by atoms with van der Waals surface area (Å²) in [6.07, 6.45) is 1.30. The number of carbonyl (C=O) groups excluding carboxylic acids is 1. The van der Waals surface area contributed by atoms with Crippen LogP contribution in [0.2, 0.25) is 0 Å². The number of anilines is 1. The van der Waals surface area contributed by atoms with Crippen molar-refractivity contribution in [2.45, 2.75) is 31.1 Å². The van der Waals surface area contributed by atoms with E-state index in [2.05, 4.69) is 5.32 Å². The van der Waals surface area contributed by atoms with Gasteiger partial charge in [-0.2, -0.15) is 0 Å². The van der Waals surface area contributed by atoms with E-state index in [1.807, 2.05) is 6.07 Å². The minimum atomic E-state index is -3.88. The molecule has 0 radical (unpaired) electrons. The van der Waals surface area contributed by atoms with E-state index in [0.717, 1.165) is 11.1 Å². The minimum Gasteiger partial charge on any atom is -0.466 e. The van der Waals surface area contributed by atoms with E-state index in [-0.39, 0.29) is 23.2 Å². The highest BCUT2D eigenvalue weighted by atomic mass is 35.7. The number of fused-ring (bicyclic) bond motifs is 1. The van der Waals surface area contributed by atoms with E-state index in [4.69, 9.17) is 20.2 Å². The summed E-state index contributed by atoms with van der Waals surface area (Å²) in [5.41, 5.74) is 2.18. The molecule has 0 aliphatic carbocycles. The van der Waals surface area contributed by atoms with Gasteiger partial charge in [0.15, 0.2) is 0 Å². The molecule has 1 aliphatic heterocycles. The molecule has 1 aromatic carbocycles. The summed E-state index contributed by atoms with van der Waals surface area (Å²) < 4.78 is 33.9. The van der Waals surface area contributed by atoms with Crippen LogP contribution in [-0.2, 0) is 36.2 Å². The fraction of sp³-hybridized carbons (Fsp3) is 0.562. The molecule has 0 bridgehead atoms. The van der Waals surface area contributed by atoms with Crippen LogP contribution < -0.4 is 5.32 Å². The standard InChI is InChI=1S/C16H22ClNO5S/c1-3-23-15(19)5-4-11-6-13-7-12(10-22-2)9-18-16(13)14(8-11)24(17,20)21/h6,8,12,18H,3-5,7,9-10H2,1-2H3. The average Bonchev–Trinajstić information content (AvgIpc) is 2.51. The van der Waals surface area contributed by atoms with E-state index < -0.39 is 9.05 Å². The van der Waals surface area contributed by atoms with Gasteiger partial charge in [0.2, 0.25) is 0 Å². The predicted octanol–water partition coefficient (Wildman–Crippen LogP) is 2.34. The average molecular weight is 376 g/mol. The molecule has 24 heavy (non-hydrogen) atoms. The van der Waals surface area contributed by atoms with Crippen molar-refractivity contribution < 1.29 is 22.7 Å². The molecule has 1 unspecified atom stereocenters. The quantitative estimate of drug-likeness (QED) is 0.582. The van der Waals surface area contributed by atoms with E-state index >= 15 is 0 Å². The van der Waals surface area contributed by atoms with Crippen LogP contribution in [-0.4, -0.2) is 41.3 Å². The van der Waals surface area contributed by atoms with E-state index in [1.54, 1.807) is 14.0 Å². The lowest BCUT2D eigenvalue weighted by atomic mass is 9.92. The highest BCUT2D eigenvalue weighted by molar-refractivity contribution is 8.13. The number of hydrogen-bond acceptors (Lipinski definition) is 6. The van der Waals surface area contributed by atoms with Gasteiger partial charge in [0, 0.05) is 36.7 Å². The molecule has 2 rings (SSSR count). The third kappa shape index (κ3) is 4.84. The first-order valence-corrected chi connectivity index (χ1v) is 10.1. The normalized spacial score (nSPS) is 17.0. The fourth-order valence-corrected chi connectivity index (χ4v) is 4.00. The highest BCUT2D eigenvalue weighted by Gasteiger charge is 2.26. The number of benzene rings is 1. The Morgan fingerprint density at radius 3 is 2.79 bits per heavy atom. The van der Waals surface area contributed by atoms with E-state index in [1.165, 1.54) is 6.07 Å². The molecular formula is C16H22ClNO5S. The first-order valence-electron chi connectivity index (χ1n) is 7.84. The molecular weight excluding hydrogens is 354 g/mol. The molecule has 0 spiro atoms. The van der Waals surface area contributed by atoms with E-state index in [0.29, 0.717) is 38.3 Å². The van der Waals surface area contributed by atoms with Crippen LogP contribution in [0.4, 0.5) is 5.69 Å². The molecule has 8 heteroatoms. The Balaban J connectivity index is 2.30. The van der Waals surface area contributed by atoms with Gasteiger partial charge in [-0.05, 0) is 37.0 Å². The van der Waals surface area contributed by atoms with Crippen molar-refractivity contribution in [2.75, 3.05) is 32.2 Å². The Bertz CT molecular complexity index is 705. The molecule has 134 valence electrons. The summed E-state index contributed by atoms with van der Waals surface area (Å²) in [5, 5.41) is 3.15. The fourth-order valence-electron chi connectivity index (χ4n) is 2.90. The maximum Gasteiger partial charge on any atom is 0.306 e. The minimum absolute atomic E-state index is 0.0661. The number of ether oxygens (including phenoxy) is 2. The number of carbonyl (C=O) groups is 1. The first kappa shape index (κ1) is 19.0. The zero-order valence-corrected chi connectivity index (χ0v) is 15.4. The third-order valence-corrected chi connectivity index (χ3v) is 5.25. The van der Waals surface area contributed by atoms with E-state index in [9.17, 15) is 13.2 Å². The number of nitrogens with one attached hydrogen (secondary N) is 1. The summed E-state index contributed by atoms with van der Waals surface area (Å²) in [6.45, 7) is 3.29. The summed E-state index contributed by atoms with van der Waals surface area (Å²) in [6, 6.07) is 3.46. The molecule has 1 heterocycles. The molecule has 6 nitrogen and oxygen atoms in total. The number of esters is 1. The van der Waals surface area contributed by atoms with Crippen LogP contribution in [0.1, 0.15) is 24.5 Å². The second-order valence-corrected chi connectivity index (χ2v) is 8.31. The summed E-state index contributed by atoms with van der Waals surface area (Å²) >= 11 is 0. The molecule has 0 fully saturated rings. The molecule has 0 aromatic heterocycles. The number of halogens is 1. The Morgan fingerprint density at radius 2 is 2.17 bits per heavy atom. The topological polar surface area (TPSA) is 81.7 Å². The lowest BCUT2D eigenvalue weighted by Gasteiger charge is -2.27. The molecule has 0 amide bonds. The monoisotopic (exact) mass is 375 g/mol. The maximum atomic E-state index is 11.9. The van der Waals surface area contributed by atoms with Crippen LogP contribution in [0.3, 0.4) is 0 Å². The van der Waals surface area contributed by atoms with Crippen molar-refractivity contribution in [1.82, 2.24) is 0 Å². The largest absolute Gasteiger partial charge is 0.466 e. The van der Waals surface area contributed by atoms with Crippen LogP contribution >= 0.6 is 10.7 Å². The van der Waals surface area contributed by atoms with Crippen molar-refractivity contribution in [3.63, 3.8) is 0 Å². The summed E-state index contributed by atoms with van der Waals surface area (Å²) in [5.74, 6) is -0.0467. The maximum absolute atomic E-state index is 11.9. The summed E-state index contributed by atoms with van der Waals surface area (Å²) in [7, 11) is 3.35. The van der Waals surface area contributed by atoms with Crippen LogP contribution in [0, 0.1) is 5.92 Å². The van der Waals surface area contributed by atoms with Gasteiger partial charge in [-0.15, -0.1) is 0 Å². The van der Waals surface area contributed by atoms with Crippen molar-refractivity contribution >= 4 is 31.4 Å². The van der Waals surface area contributed by atoms with Crippen LogP contribution in [0.15, 0.2) is 17.0 Å². The molecule has 0 saturated heterocycles. The Labute approximate surface area is 146 Å². The van der Waals surface area contributed by atoms with Gasteiger partial charge < -0.3 is 14.8 Å². The molecule has 0 saturated carbocycles. The number of aryl methyl sites for hydroxylation is 1. The smallest absolute Gasteiger partial charge is 0.306 e. The second kappa shape index (κ2) is 8.18. The van der Waals surface area contributed by atoms with Gasteiger partial charge >= 0.3 is 5.97 Å². The Hall–Kier alpha value is -1.31. The molecule has 1 aromatic rings. The van der Waals surface area contributed by atoms with Crippen LogP contribution in [0.25, 0.3) is 0 Å². The SMILES string of the molecule is CCOC(=O)CCc1cc2c(c(S(=O)(=O)Cl)c1)NCC(COC)C2. The Morgan fingerprint density at radius 1 is 1.42 bits per heavy atom. The third-order valence-electron chi connectivity index (χ3n) is 3.91. The van der Waals surface area contributed by atoms with Crippen molar-refractivity contribution in [1.29, 1.82) is 0 Å². The van der Waals surface area contributed by atoms with Crippen LogP contribution in [0.5, 0.6) is 0 Å². The van der Waals surface area contributed by atoms with Gasteiger partial charge in [-0.3, -0.25) is 4.79 Å². The number of rotatable bonds is 7. The molecule has 1 N–H and O–H groups in total. The summed E-state index contributed by atoms with van der Waals surface area (Å²) in [4.78, 5) is 11.6. The van der Waals surface area contributed by atoms with Gasteiger partial charge in [-0.25, -0.2) is 8.42 Å². The zero-order chi connectivity index (χ0) is 17.7. The van der Waals surface area contributed by atoms with Gasteiger partial charge in [0.1, 0.15) is 4.90 Å². The highest BCUT2D eigenvalue weighted by Crippen LogP contribution is 2.35. The van der Waals surface area contributed by atoms with Gasteiger partial charge in [0.05, 0.1) is 18.9 Å². The molecule has 1 aliphatic rings. The molecule has 1 atom stereocenters.